The molecule has 0 bridgehead atoms. The van der Waals surface area contributed by atoms with Crippen molar-refractivity contribution < 1.29 is 14.3 Å². The number of methoxy groups -OCH3 is 1. The van der Waals surface area contributed by atoms with Gasteiger partial charge < -0.3 is 9.64 Å². The topological polar surface area (TPSA) is 79.7 Å². The standard InChI is InChI=1S/C21H29N5O3/c1-15-19(9-10-20(27)29-4)16(2)26(22-15)18-7-5-17(6-8-18)21(28)23-25-13-11-24(3)12-14-25/h5-8H,9-14H2,1-4H3,(H,23,28). The minimum atomic E-state index is -0.229. The fraction of sp³-hybridized carbons (Fsp3) is 0.476. The van der Waals surface area contributed by atoms with Crippen molar-refractivity contribution in [2.24, 2.45) is 0 Å². The highest BCUT2D eigenvalue weighted by atomic mass is 16.5. The second-order valence-electron chi connectivity index (χ2n) is 7.42. The fourth-order valence-corrected chi connectivity index (χ4v) is 3.50. The number of hydrogen-bond donors (Lipinski definition) is 1. The van der Waals surface area contributed by atoms with E-state index in [9.17, 15) is 9.59 Å². The fourth-order valence-electron chi connectivity index (χ4n) is 3.50. The molecule has 0 aliphatic carbocycles. The number of amides is 1. The van der Waals surface area contributed by atoms with Gasteiger partial charge in [-0.15, -0.1) is 0 Å². The van der Waals surface area contributed by atoms with Crippen LogP contribution < -0.4 is 5.43 Å². The summed E-state index contributed by atoms with van der Waals surface area (Å²) in [6, 6.07) is 7.40. The molecule has 2 aromatic rings. The zero-order valence-corrected chi connectivity index (χ0v) is 17.6. The van der Waals surface area contributed by atoms with E-state index in [-0.39, 0.29) is 11.9 Å². The van der Waals surface area contributed by atoms with E-state index >= 15 is 0 Å². The second-order valence-corrected chi connectivity index (χ2v) is 7.42. The average Bonchev–Trinajstić information content (AvgIpc) is 3.01. The lowest BCUT2D eigenvalue weighted by Crippen LogP contribution is -2.52. The maximum absolute atomic E-state index is 12.5. The lowest BCUT2D eigenvalue weighted by Gasteiger charge is -2.32. The smallest absolute Gasteiger partial charge is 0.305 e. The van der Waals surface area contributed by atoms with Crippen LogP contribution in [0.5, 0.6) is 0 Å². The molecule has 1 aromatic carbocycles. The van der Waals surface area contributed by atoms with E-state index in [0.717, 1.165) is 48.8 Å². The van der Waals surface area contributed by atoms with Gasteiger partial charge in [0.15, 0.2) is 0 Å². The predicted octanol–water partition coefficient (Wildman–Crippen LogP) is 1.49. The Balaban J connectivity index is 1.68. The molecule has 0 atom stereocenters. The van der Waals surface area contributed by atoms with Gasteiger partial charge in [-0.1, -0.05) is 0 Å². The molecule has 1 fully saturated rings. The highest BCUT2D eigenvalue weighted by molar-refractivity contribution is 5.94. The lowest BCUT2D eigenvalue weighted by atomic mass is 10.1. The third kappa shape index (κ3) is 5.02. The quantitative estimate of drug-likeness (QED) is 0.742. The number of nitrogens with one attached hydrogen (secondary N) is 1. The van der Waals surface area contributed by atoms with Crippen molar-refractivity contribution in [1.82, 2.24) is 25.1 Å². The van der Waals surface area contributed by atoms with E-state index in [2.05, 4.69) is 22.5 Å². The summed E-state index contributed by atoms with van der Waals surface area (Å²) in [5.41, 5.74) is 7.39. The number of nitrogens with zero attached hydrogens (tertiary/aromatic N) is 4. The van der Waals surface area contributed by atoms with Crippen molar-refractivity contribution in [2.45, 2.75) is 26.7 Å². The molecule has 1 aliphatic heterocycles. The van der Waals surface area contributed by atoms with Crippen molar-refractivity contribution in [3.05, 3.63) is 46.8 Å². The van der Waals surface area contributed by atoms with Gasteiger partial charge in [-0.2, -0.15) is 5.10 Å². The zero-order valence-electron chi connectivity index (χ0n) is 17.6. The first-order chi connectivity index (χ1) is 13.9. The van der Waals surface area contributed by atoms with Crippen LogP contribution in [0.4, 0.5) is 0 Å². The molecule has 8 nitrogen and oxygen atoms in total. The molecule has 8 heteroatoms. The first kappa shape index (κ1) is 21.0. The maximum Gasteiger partial charge on any atom is 0.305 e. The Morgan fingerprint density at radius 3 is 2.38 bits per heavy atom. The third-order valence-electron chi connectivity index (χ3n) is 5.38. The number of benzene rings is 1. The SMILES string of the molecule is COC(=O)CCc1c(C)nn(-c2ccc(C(=O)NN3CCN(C)CC3)cc2)c1C. The van der Waals surface area contributed by atoms with Crippen LogP contribution in [0, 0.1) is 13.8 Å². The Hall–Kier alpha value is -2.71. The molecule has 2 heterocycles. The summed E-state index contributed by atoms with van der Waals surface area (Å²) in [6.07, 6.45) is 0.922. The number of likely N-dealkylation sites (N-methyl/N-ethyl adjacent to an activating group) is 1. The number of esters is 1. The number of hydrazine groups is 1. The van der Waals surface area contributed by atoms with Gasteiger partial charge in [0.2, 0.25) is 0 Å². The second kappa shape index (κ2) is 9.19. The number of carbonyl (C=O) groups excluding carboxylic acids is 2. The van der Waals surface area contributed by atoms with Crippen molar-refractivity contribution in [3.63, 3.8) is 0 Å². The number of rotatable bonds is 6. The Bertz CT molecular complexity index is 867. The Morgan fingerprint density at radius 1 is 1.10 bits per heavy atom. The van der Waals surface area contributed by atoms with E-state index < -0.39 is 0 Å². The predicted molar refractivity (Wildman–Crippen MR) is 110 cm³/mol. The highest BCUT2D eigenvalue weighted by Gasteiger charge is 2.18. The highest BCUT2D eigenvalue weighted by Crippen LogP contribution is 2.20. The summed E-state index contributed by atoms with van der Waals surface area (Å²) in [5.74, 6) is -0.333. The van der Waals surface area contributed by atoms with Crippen molar-refractivity contribution in [2.75, 3.05) is 40.3 Å². The minimum absolute atomic E-state index is 0.103. The number of piperazine rings is 1. The molecule has 1 amide bonds. The summed E-state index contributed by atoms with van der Waals surface area (Å²) >= 11 is 0. The van der Waals surface area contributed by atoms with Crippen LogP contribution in [0.25, 0.3) is 5.69 Å². The maximum atomic E-state index is 12.5. The Morgan fingerprint density at radius 2 is 1.76 bits per heavy atom. The minimum Gasteiger partial charge on any atom is -0.469 e. The Kier molecular flexibility index (Phi) is 6.66. The van der Waals surface area contributed by atoms with E-state index in [1.54, 1.807) is 0 Å². The molecule has 1 saturated heterocycles. The normalized spacial score (nSPS) is 15.3. The van der Waals surface area contributed by atoms with Crippen molar-refractivity contribution >= 4 is 11.9 Å². The number of carbonyl (C=O) groups is 2. The van der Waals surface area contributed by atoms with Crippen LogP contribution in [-0.2, 0) is 16.0 Å². The van der Waals surface area contributed by atoms with Gasteiger partial charge in [-0.25, -0.2) is 9.69 Å². The summed E-state index contributed by atoms with van der Waals surface area (Å²) in [7, 11) is 3.48. The largest absolute Gasteiger partial charge is 0.469 e. The molecule has 1 aliphatic rings. The number of hydrogen-bond acceptors (Lipinski definition) is 6. The summed E-state index contributed by atoms with van der Waals surface area (Å²) < 4.78 is 6.58. The van der Waals surface area contributed by atoms with Crippen LogP contribution >= 0.6 is 0 Å². The summed E-state index contributed by atoms with van der Waals surface area (Å²) in [5, 5.41) is 6.57. The molecule has 0 unspecified atom stereocenters. The van der Waals surface area contributed by atoms with E-state index in [4.69, 9.17) is 4.74 Å². The van der Waals surface area contributed by atoms with Crippen LogP contribution in [0.3, 0.4) is 0 Å². The molecule has 0 saturated carbocycles. The number of aromatic nitrogens is 2. The average molecular weight is 399 g/mol. The van der Waals surface area contributed by atoms with Gasteiger partial charge in [0.1, 0.15) is 0 Å². The van der Waals surface area contributed by atoms with Gasteiger partial charge in [0.05, 0.1) is 18.5 Å². The van der Waals surface area contributed by atoms with Crippen LogP contribution in [-0.4, -0.2) is 71.9 Å². The molecule has 1 N–H and O–H groups in total. The van der Waals surface area contributed by atoms with Gasteiger partial charge >= 0.3 is 5.97 Å². The third-order valence-corrected chi connectivity index (χ3v) is 5.38. The zero-order chi connectivity index (χ0) is 21.0. The molecule has 1 aromatic heterocycles. The first-order valence-corrected chi connectivity index (χ1v) is 9.86. The molecular weight excluding hydrogens is 370 g/mol. The molecule has 0 radical (unpaired) electrons. The van der Waals surface area contributed by atoms with Crippen molar-refractivity contribution in [3.8, 4) is 5.69 Å². The van der Waals surface area contributed by atoms with E-state index in [0.29, 0.717) is 18.4 Å². The molecule has 156 valence electrons. The van der Waals surface area contributed by atoms with Gasteiger partial charge in [0, 0.05) is 43.9 Å². The molecule has 29 heavy (non-hydrogen) atoms. The van der Waals surface area contributed by atoms with E-state index in [1.165, 1.54) is 7.11 Å². The molecule has 0 spiro atoms. The summed E-state index contributed by atoms with van der Waals surface area (Å²) in [6.45, 7) is 7.44. The van der Waals surface area contributed by atoms with Gasteiger partial charge in [0.25, 0.3) is 5.91 Å². The van der Waals surface area contributed by atoms with Crippen LogP contribution in [0.1, 0.15) is 33.7 Å². The van der Waals surface area contributed by atoms with Crippen molar-refractivity contribution in [1.29, 1.82) is 0 Å². The number of aryl methyl sites for hydroxylation is 1. The molecular formula is C21H29N5O3. The first-order valence-electron chi connectivity index (χ1n) is 9.86. The molecule has 3 rings (SSSR count). The van der Waals surface area contributed by atoms with Gasteiger partial charge in [-0.3, -0.25) is 15.0 Å². The number of ether oxygens (including phenoxy) is 1. The van der Waals surface area contributed by atoms with Crippen LogP contribution in [0.2, 0.25) is 0 Å². The lowest BCUT2D eigenvalue weighted by molar-refractivity contribution is -0.140. The van der Waals surface area contributed by atoms with E-state index in [1.807, 2.05) is 47.8 Å². The Labute approximate surface area is 171 Å². The summed E-state index contributed by atoms with van der Waals surface area (Å²) in [4.78, 5) is 26.2. The monoisotopic (exact) mass is 399 g/mol. The van der Waals surface area contributed by atoms with Crippen LogP contribution in [0.15, 0.2) is 24.3 Å². The van der Waals surface area contributed by atoms with Gasteiger partial charge in [-0.05, 0) is 57.1 Å².